The lowest BCUT2D eigenvalue weighted by molar-refractivity contribution is -0.137. The smallest absolute Gasteiger partial charge is 0.278 e. The molecule has 0 saturated carbocycles. The minimum absolute atomic E-state index is 0.278. The zero-order chi connectivity index (χ0) is 23.1. The summed E-state index contributed by atoms with van der Waals surface area (Å²) in [5.41, 5.74) is 4.23. The molecule has 0 saturated heterocycles. The number of hydrogen-bond donors (Lipinski definition) is 1. The van der Waals surface area contributed by atoms with Crippen LogP contribution in [0.2, 0.25) is 0 Å². The zero-order valence-electron chi connectivity index (χ0n) is 19.4. The third-order valence-electron chi connectivity index (χ3n) is 5.27. The maximum Gasteiger partial charge on any atom is 0.278 e. The minimum atomic E-state index is -0.318. The molecule has 1 aliphatic rings. The third kappa shape index (κ3) is 5.37. The Morgan fingerprint density at radius 3 is 2.50 bits per heavy atom. The Morgan fingerprint density at radius 2 is 1.78 bits per heavy atom. The van der Waals surface area contributed by atoms with Gasteiger partial charge in [-0.1, -0.05) is 36.8 Å². The second-order valence-corrected chi connectivity index (χ2v) is 7.88. The molecule has 6 heteroatoms. The van der Waals surface area contributed by atoms with Crippen LogP contribution in [0.1, 0.15) is 43.4 Å². The number of anilines is 1. The van der Waals surface area contributed by atoms with Crippen molar-refractivity contribution in [2.75, 3.05) is 31.7 Å². The Labute approximate surface area is 190 Å². The van der Waals surface area contributed by atoms with E-state index >= 15 is 0 Å². The molecule has 32 heavy (non-hydrogen) atoms. The predicted octanol–water partition coefficient (Wildman–Crippen LogP) is 4.71. The van der Waals surface area contributed by atoms with Crippen molar-refractivity contribution in [3.8, 4) is 5.75 Å². The van der Waals surface area contributed by atoms with E-state index in [0.29, 0.717) is 49.7 Å². The molecule has 2 aromatic carbocycles. The van der Waals surface area contributed by atoms with Gasteiger partial charge in [0.05, 0.1) is 12.2 Å². The van der Waals surface area contributed by atoms with Gasteiger partial charge in [-0.15, -0.1) is 0 Å². The quantitative estimate of drug-likeness (QED) is 0.408. The second kappa shape index (κ2) is 11.0. The van der Waals surface area contributed by atoms with Gasteiger partial charge in [-0.2, -0.15) is 0 Å². The number of benzene rings is 2. The summed E-state index contributed by atoms with van der Waals surface area (Å²) >= 11 is 0. The van der Waals surface area contributed by atoms with Crippen molar-refractivity contribution >= 4 is 23.1 Å². The van der Waals surface area contributed by atoms with Crippen molar-refractivity contribution in [1.29, 1.82) is 0 Å². The summed E-state index contributed by atoms with van der Waals surface area (Å²) in [6.45, 7) is 9.99. The van der Waals surface area contributed by atoms with Gasteiger partial charge >= 0.3 is 0 Å². The zero-order valence-corrected chi connectivity index (χ0v) is 19.4. The van der Waals surface area contributed by atoms with E-state index in [-0.39, 0.29) is 11.8 Å². The van der Waals surface area contributed by atoms with Gasteiger partial charge in [0.15, 0.2) is 0 Å². The number of imide groups is 1. The van der Waals surface area contributed by atoms with Crippen molar-refractivity contribution in [3.05, 3.63) is 64.9 Å². The first-order valence-corrected chi connectivity index (χ1v) is 11.2. The highest BCUT2D eigenvalue weighted by molar-refractivity contribution is 6.36. The van der Waals surface area contributed by atoms with E-state index in [1.807, 2.05) is 70.2 Å². The van der Waals surface area contributed by atoms with Crippen molar-refractivity contribution in [1.82, 2.24) is 4.90 Å². The Morgan fingerprint density at radius 1 is 0.969 bits per heavy atom. The van der Waals surface area contributed by atoms with Gasteiger partial charge in [0, 0.05) is 31.5 Å². The molecule has 0 aliphatic carbocycles. The number of hydrogen-bond acceptors (Lipinski definition) is 5. The molecule has 0 fully saturated rings. The van der Waals surface area contributed by atoms with Crippen molar-refractivity contribution in [2.45, 2.75) is 40.5 Å². The molecule has 1 heterocycles. The average molecular weight is 437 g/mol. The summed E-state index contributed by atoms with van der Waals surface area (Å²) in [7, 11) is 0. The van der Waals surface area contributed by atoms with Gasteiger partial charge in [-0.25, -0.2) is 0 Å². The summed E-state index contributed by atoms with van der Waals surface area (Å²) < 4.78 is 11.1. The fourth-order valence-electron chi connectivity index (χ4n) is 3.74. The van der Waals surface area contributed by atoms with Gasteiger partial charge in [-0.05, 0) is 56.9 Å². The Balaban J connectivity index is 1.95. The molecule has 0 radical (unpaired) electrons. The summed E-state index contributed by atoms with van der Waals surface area (Å²) in [5, 5.41) is 3.22. The summed E-state index contributed by atoms with van der Waals surface area (Å²) in [4.78, 5) is 28.0. The average Bonchev–Trinajstić information content (AvgIpc) is 3.00. The minimum Gasteiger partial charge on any atom is -0.494 e. The van der Waals surface area contributed by atoms with E-state index in [1.54, 1.807) is 0 Å². The Hall–Kier alpha value is -3.12. The molecular formula is C26H32N2O4. The predicted molar refractivity (Wildman–Crippen MR) is 127 cm³/mol. The molecule has 1 aliphatic heterocycles. The molecule has 0 atom stereocenters. The molecule has 1 N–H and O–H groups in total. The molecule has 170 valence electrons. The number of ether oxygens (including phenoxy) is 2. The number of carbonyl (C=O) groups is 2. The highest BCUT2D eigenvalue weighted by Gasteiger charge is 2.39. The Bertz CT molecular complexity index is 1010. The van der Waals surface area contributed by atoms with Gasteiger partial charge in [0.2, 0.25) is 0 Å². The summed E-state index contributed by atoms with van der Waals surface area (Å²) in [6.07, 6.45) is 1.50. The lowest BCUT2D eigenvalue weighted by Gasteiger charge is -2.15. The largest absolute Gasteiger partial charge is 0.494 e. The van der Waals surface area contributed by atoms with Gasteiger partial charge in [0.1, 0.15) is 11.4 Å². The van der Waals surface area contributed by atoms with E-state index in [9.17, 15) is 9.59 Å². The fourth-order valence-corrected chi connectivity index (χ4v) is 3.74. The van der Waals surface area contributed by atoms with Crippen LogP contribution in [0.25, 0.3) is 5.57 Å². The van der Waals surface area contributed by atoms with Crippen molar-refractivity contribution in [2.24, 2.45) is 0 Å². The van der Waals surface area contributed by atoms with E-state index < -0.39 is 0 Å². The molecule has 0 unspecified atom stereocenters. The third-order valence-corrected chi connectivity index (χ3v) is 5.27. The van der Waals surface area contributed by atoms with Crippen LogP contribution in [0, 0.1) is 13.8 Å². The molecule has 6 nitrogen and oxygen atoms in total. The second-order valence-electron chi connectivity index (χ2n) is 7.88. The maximum atomic E-state index is 13.4. The highest BCUT2D eigenvalue weighted by atomic mass is 16.5. The van der Waals surface area contributed by atoms with Gasteiger partial charge in [0.25, 0.3) is 11.8 Å². The number of nitrogens with zero attached hydrogens (tertiary/aromatic N) is 1. The van der Waals surface area contributed by atoms with Crippen molar-refractivity contribution < 1.29 is 19.1 Å². The highest BCUT2D eigenvalue weighted by Crippen LogP contribution is 2.33. The standard InChI is InChI=1S/C26H32N2O4/c1-5-14-32-21-10-7-9-20(17-21)27-24-23(22-12-11-18(3)16-19(22)4)25(29)28(26(24)30)13-8-15-31-6-2/h7,9-12,16-17,27H,5-6,8,13-15H2,1-4H3. The number of aryl methyl sites for hydroxylation is 2. The number of carbonyl (C=O) groups excluding carboxylic acids is 2. The molecule has 3 rings (SSSR count). The molecule has 2 amide bonds. The Kier molecular flexibility index (Phi) is 8.06. The van der Waals surface area contributed by atoms with Crippen LogP contribution in [-0.2, 0) is 14.3 Å². The molecule has 0 bridgehead atoms. The monoisotopic (exact) mass is 436 g/mol. The lowest BCUT2D eigenvalue weighted by Crippen LogP contribution is -2.34. The van der Waals surface area contributed by atoms with Crippen LogP contribution in [0.5, 0.6) is 5.75 Å². The first kappa shape index (κ1) is 23.5. The van der Waals surface area contributed by atoms with Crippen LogP contribution in [0.3, 0.4) is 0 Å². The van der Waals surface area contributed by atoms with Crippen LogP contribution >= 0.6 is 0 Å². The van der Waals surface area contributed by atoms with Gasteiger partial charge in [-0.3, -0.25) is 14.5 Å². The van der Waals surface area contributed by atoms with Crippen LogP contribution in [-0.4, -0.2) is 43.1 Å². The first-order valence-electron chi connectivity index (χ1n) is 11.2. The molecular weight excluding hydrogens is 404 g/mol. The maximum absolute atomic E-state index is 13.4. The van der Waals surface area contributed by atoms with E-state index in [0.717, 1.165) is 28.9 Å². The molecule has 0 spiro atoms. The van der Waals surface area contributed by atoms with E-state index in [1.165, 1.54) is 4.90 Å². The van der Waals surface area contributed by atoms with Gasteiger partial charge < -0.3 is 14.8 Å². The first-order chi connectivity index (χ1) is 15.5. The van der Waals surface area contributed by atoms with Crippen molar-refractivity contribution in [3.63, 3.8) is 0 Å². The lowest BCUT2D eigenvalue weighted by atomic mass is 9.97. The summed E-state index contributed by atoms with van der Waals surface area (Å²) in [6, 6.07) is 13.3. The van der Waals surface area contributed by atoms with E-state index in [4.69, 9.17) is 9.47 Å². The number of amides is 2. The van der Waals surface area contributed by atoms with Crippen LogP contribution in [0.15, 0.2) is 48.2 Å². The van der Waals surface area contributed by atoms with E-state index in [2.05, 4.69) is 5.32 Å². The summed E-state index contributed by atoms with van der Waals surface area (Å²) in [5.74, 6) is 0.122. The van der Waals surface area contributed by atoms with Crippen LogP contribution < -0.4 is 10.1 Å². The number of rotatable bonds is 11. The topological polar surface area (TPSA) is 67.9 Å². The van der Waals surface area contributed by atoms with Crippen LogP contribution in [0.4, 0.5) is 5.69 Å². The molecule has 2 aromatic rings. The normalized spacial score (nSPS) is 13.8. The number of nitrogens with one attached hydrogen (secondary N) is 1. The molecule has 0 aromatic heterocycles. The fraction of sp³-hybridized carbons (Fsp3) is 0.385. The SMILES string of the molecule is CCCOc1cccc(NC2=C(c3ccc(C)cc3C)C(=O)N(CCCOCC)C2=O)c1.